The average Bonchev–Trinajstić information content (AvgIpc) is 3.54. The minimum absolute atomic E-state index is 0.260. The van der Waals surface area contributed by atoms with Crippen LogP contribution in [0.1, 0.15) is 62.4 Å². The van der Waals surface area contributed by atoms with Crippen LogP contribution in [0.5, 0.6) is 5.75 Å². The summed E-state index contributed by atoms with van der Waals surface area (Å²) in [6, 6.07) is 13.8. The summed E-state index contributed by atoms with van der Waals surface area (Å²) in [5.41, 5.74) is 4.31. The molecule has 5 rings (SSSR count). The van der Waals surface area contributed by atoms with Gasteiger partial charge < -0.3 is 19.4 Å². The number of aromatic nitrogens is 1. The molecule has 0 spiro atoms. The molecule has 198 valence electrons. The van der Waals surface area contributed by atoms with E-state index in [4.69, 9.17) is 21.1 Å². The van der Waals surface area contributed by atoms with E-state index in [9.17, 15) is 4.79 Å². The number of amides is 1. The van der Waals surface area contributed by atoms with E-state index < -0.39 is 0 Å². The number of carbonyl (C=O) groups excluding carboxylic acids is 1. The Morgan fingerprint density at radius 2 is 1.86 bits per heavy atom. The largest absolute Gasteiger partial charge is 0.494 e. The normalized spacial score (nSPS) is 17.9. The summed E-state index contributed by atoms with van der Waals surface area (Å²) in [7, 11) is 0. The van der Waals surface area contributed by atoms with Crippen LogP contribution in [0.3, 0.4) is 0 Å². The van der Waals surface area contributed by atoms with Crippen molar-refractivity contribution in [3.05, 3.63) is 64.3 Å². The van der Waals surface area contributed by atoms with Gasteiger partial charge >= 0.3 is 6.09 Å². The molecule has 1 aromatic heterocycles. The number of unbranched alkanes of at least 4 members (excludes halogenated alkanes) is 1. The highest BCUT2D eigenvalue weighted by molar-refractivity contribution is 6.31. The van der Waals surface area contributed by atoms with Crippen molar-refractivity contribution in [2.24, 2.45) is 5.92 Å². The van der Waals surface area contributed by atoms with Crippen molar-refractivity contribution in [1.82, 2.24) is 14.8 Å². The molecular formula is C30H38ClN3O3. The van der Waals surface area contributed by atoms with Gasteiger partial charge in [-0.15, -0.1) is 0 Å². The number of fused-ring (bicyclic) bond motifs is 3. The van der Waals surface area contributed by atoms with Crippen LogP contribution < -0.4 is 4.74 Å². The van der Waals surface area contributed by atoms with Gasteiger partial charge in [0.15, 0.2) is 0 Å². The smallest absolute Gasteiger partial charge is 0.410 e. The quantitative estimate of drug-likeness (QED) is 0.313. The number of H-pyrrole nitrogens is 1. The fourth-order valence-corrected chi connectivity index (χ4v) is 5.68. The highest BCUT2D eigenvalue weighted by Gasteiger charge is 2.35. The molecule has 3 aromatic rings. The molecule has 1 unspecified atom stereocenters. The molecule has 0 saturated carbocycles. The van der Waals surface area contributed by atoms with Crippen LogP contribution in [-0.4, -0.2) is 60.3 Å². The maximum atomic E-state index is 13.2. The highest BCUT2D eigenvalue weighted by Crippen LogP contribution is 2.39. The molecule has 1 amide bonds. The molecule has 2 aliphatic heterocycles. The third-order valence-electron chi connectivity index (χ3n) is 7.40. The molecule has 1 fully saturated rings. The minimum Gasteiger partial charge on any atom is -0.494 e. The minimum atomic E-state index is -0.278. The molecule has 6 nitrogen and oxygen atoms in total. The fourth-order valence-electron chi connectivity index (χ4n) is 5.50. The lowest BCUT2D eigenvalue weighted by Gasteiger charge is -2.35. The molecule has 0 bridgehead atoms. The van der Waals surface area contributed by atoms with Gasteiger partial charge in [-0.1, -0.05) is 37.6 Å². The number of rotatable bonds is 9. The zero-order chi connectivity index (χ0) is 25.8. The number of nitrogens with one attached hydrogen (secondary N) is 1. The standard InChI is InChI=1S/C30H38ClN3O3/c1-21(2)20-37-30(35)34-17-13-25-26-19-23(31)9-12-27(26)32-28(25)29(34)22-7-10-24(11-8-22)36-18-6-5-16-33-14-3-4-15-33/h7-12,19,21,29,32H,3-6,13-18,20H2,1-2H3. The number of nitrogens with zero attached hydrogens (tertiary/aromatic N) is 2. The Bertz CT molecular complexity index is 1200. The van der Waals surface area contributed by atoms with Crippen molar-refractivity contribution >= 4 is 28.6 Å². The van der Waals surface area contributed by atoms with E-state index in [1.165, 1.54) is 44.5 Å². The topological polar surface area (TPSA) is 57.8 Å². The number of likely N-dealkylation sites (tertiary alicyclic amines) is 1. The monoisotopic (exact) mass is 523 g/mol. The number of benzene rings is 2. The lowest BCUT2D eigenvalue weighted by molar-refractivity contribution is 0.0797. The number of halogens is 1. The maximum absolute atomic E-state index is 13.2. The summed E-state index contributed by atoms with van der Waals surface area (Å²) >= 11 is 6.32. The summed E-state index contributed by atoms with van der Waals surface area (Å²) < 4.78 is 11.7. The molecule has 0 radical (unpaired) electrons. The Morgan fingerprint density at radius 1 is 1.08 bits per heavy atom. The van der Waals surface area contributed by atoms with Gasteiger partial charge in [0.2, 0.25) is 0 Å². The predicted octanol–water partition coefficient (Wildman–Crippen LogP) is 6.82. The van der Waals surface area contributed by atoms with E-state index in [-0.39, 0.29) is 18.1 Å². The van der Waals surface area contributed by atoms with E-state index in [0.29, 0.717) is 18.2 Å². The van der Waals surface area contributed by atoms with Crippen molar-refractivity contribution in [2.45, 2.75) is 52.0 Å². The summed E-state index contributed by atoms with van der Waals surface area (Å²) in [5.74, 6) is 1.14. The molecule has 1 saturated heterocycles. The molecule has 3 heterocycles. The summed E-state index contributed by atoms with van der Waals surface area (Å²) in [5, 5.41) is 1.84. The Kier molecular flexibility index (Phi) is 8.26. The van der Waals surface area contributed by atoms with Gasteiger partial charge in [-0.05, 0) is 99.1 Å². The second-order valence-corrected chi connectivity index (χ2v) is 11.1. The van der Waals surface area contributed by atoms with Gasteiger partial charge in [0.05, 0.1) is 13.2 Å². The predicted molar refractivity (Wildman–Crippen MR) is 149 cm³/mol. The number of aromatic amines is 1. The van der Waals surface area contributed by atoms with E-state index in [1.54, 1.807) is 0 Å². The van der Waals surface area contributed by atoms with Gasteiger partial charge in [0, 0.05) is 28.2 Å². The first kappa shape index (κ1) is 25.9. The summed E-state index contributed by atoms with van der Waals surface area (Å²) in [6.07, 6.45) is 5.37. The van der Waals surface area contributed by atoms with Crippen molar-refractivity contribution < 1.29 is 14.3 Å². The first-order valence-corrected chi connectivity index (χ1v) is 14.1. The van der Waals surface area contributed by atoms with Crippen LogP contribution in [0.4, 0.5) is 4.79 Å². The van der Waals surface area contributed by atoms with Crippen LogP contribution in [-0.2, 0) is 11.2 Å². The van der Waals surface area contributed by atoms with E-state index in [0.717, 1.165) is 47.4 Å². The summed E-state index contributed by atoms with van der Waals surface area (Å²) in [4.78, 5) is 21.1. The van der Waals surface area contributed by atoms with E-state index in [1.807, 2.05) is 49.1 Å². The van der Waals surface area contributed by atoms with Crippen LogP contribution in [0.25, 0.3) is 10.9 Å². The lowest BCUT2D eigenvalue weighted by atomic mass is 9.92. The van der Waals surface area contributed by atoms with E-state index in [2.05, 4.69) is 22.0 Å². The molecule has 0 aliphatic carbocycles. The zero-order valence-electron chi connectivity index (χ0n) is 22.0. The first-order valence-electron chi connectivity index (χ1n) is 13.7. The van der Waals surface area contributed by atoms with Gasteiger partial charge in [-0.25, -0.2) is 4.79 Å². The second-order valence-electron chi connectivity index (χ2n) is 10.7. The molecule has 2 aliphatic rings. The van der Waals surface area contributed by atoms with Gasteiger partial charge in [-0.2, -0.15) is 0 Å². The average molecular weight is 524 g/mol. The highest BCUT2D eigenvalue weighted by atomic mass is 35.5. The number of carbonyl (C=O) groups is 1. The van der Waals surface area contributed by atoms with Crippen LogP contribution in [0.2, 0.25) is 5.02 Å². The third-order valence-corrected chi connectivity index (χ3v) is 7.63. The van der Waals surface area contributed by atoms with Crippen LogP contribution >= 0.6 is 11.6 Å². The Balaban J connectivity index is 1.32. The first-order chi connectivity index (χ1) is 18.0. The lowest BCUT2D eigenvalue weighted by Crippen LogP contribution is -2.41. The Morgan fingerprint density at radius 3 is 2.62 bits per heavy atom. The summed E-state index contributed by atoms with van der Waals surface area (Å²) in [6.45, 7) is 9.47. The van der Waals surface area contributed by atoms with Gasteiger partial charge in [0.1, 0.15) is 11.8 Å². The molecule has 1 N–H and O–H groups in total. The van der Waals surface area contributed by atoms with E-state index >= 15 is 0 Å². The van der Waals surface area contributed by atoms with Crippen LogP contribution in [0, 0.1) is 5.92 Å². The van der Waals surface area contributed by atoms with Crippen molar-refractivity contribution in [3.8, 4) is 5.75 Å². The molecular weight excluding hydrogens is 486 g/mol. The molecule has 2 aromatic carbocycles. The maximum Gasteiger partial charge on any atom is 0.410 e. The SMILES string of the molecule is CC(C)COC(=O)N1CCc2c([nH]c3ccc(Cl)cc23)C1c1ccc(OCCCCN2CCCC2)cc1. The van der Waals surface area contributed by atoms with Crippen molar-refractivity contribution in [3.63, 3.8) is 0 Å². The van der Waals surface area contributed by atoms with Gasteiger partial charge in [-0.3, -0.25) is 4.90 Å². The molecule has 1 atom stereocenters. The Hall–Kier alpha value is -2.70. The Labute approximate surface area is 224 Å². The number of hydrogen-bond donors (Lipinski definition) is 1. The van der Waals surface area contributed by atoms with Crippen molar-refractivity contribution in [1.29, 1.82) is 0 Å². The number of ether oxygens (including phenoxy) is 2. The van der Waals surface area contributed by atoms with Gasteiger partial charge in [0.25, 0.3) is 0 Å². The zero-order valence-corrected chi connectivity index (χ0v) is 22.7. The third kappa shape index (κ3) is 6.07. The molecule has 7 heteroatoms. The molecule has 37 heavy (non-hydrogen) atoms. The fraction of sp³-hybridized carbons (Fsp3) is 0.500. The number of hydrogen-bond acceptors (Lipinski definition) is 4. The van der Waals surface area contributed by atoms with Crippen molar-refractivity contribution in [2.75, 3.05) is 39.4 Å². The van der Waals surface area contributed by atoms with Crippen LogP contribution in [0.15, 0.2) is 42.5 Å². The second kappa shape index (κ2) is 11.8.